The Hall–Kier alpha value is -0.620. The van der Waals surface area contributed by atoms with E-state index in [1.165, 1.54) is 6.20 Å². The van der Waals surface area contributed by atoms with Crippen molar-refractivity contribution in [2.24, 2.45) is 4.99 Å². The highest BCUT2D eigenvalue weighted by Crippen LogP contribution is 2.25. The van der Waals surface area contributed by atoms with E-state index in [0.29, 0.717) is 10.0 Å². The Morgan fingerprint density at radius 2 is 2.13 bits per heavy atom. The highest BCUT2D eigenvalue weighted by Gasteiger charge is 2.34. The number of hydrogen-bond acceptors (Lipinski definition) is 2. The molecule has 0 radical (unpaired) electrons. The molecule has 0 fully saturated rings. The van der Waals surface area contributed by atoms with Gasteiger partial charge in [0.15, 0.2) is 5.82 Å². The van der Waals surface area contributed by atoms with Gasteiger partial charge in [-0.2, -0.15) is 13.2 Å². The molecule has 82 valence electrons. The van der Waals surface area contributed by atoms with Crippen LogP contribution in [0.1, 0.15) is 5.56 Å². The molecule has 0 unspecified atom stereocenters. The Labute approximate surface area is 97.3 Å². The maximum Gasteiger partial charge on any atom is 0.444 e. The van der Waals surface area contributed by atoms with Gasteiger partial charge in [0, 0.05) is 10.7 Å². The molecule has 0 bridgehead atoms. The Morgan fingerprint density at radius 1 is 1.53 bits per heavy atom. The molecular weight excluding hydrogens is 296 g/mol. The number of alkyl halides is 3. The van der Waals surface area contributed by atoms with Crippen molar-refractivity contribution in [1.82, 2.24) is 4.98 Å². The summed E-state index contributed by atoms with van der Waals surface area (Å²) in [5.41, 5.74) is 0.506. The van der Waals surface area contributed by atoms with Gasteiger partial charge in [-0.05, 0) is 34.5 Å². The molecule has 0 aliphatic carbocycles. The topological polar surface area (TPSA) is 25.2 Å². The summed E-state index contributed by atoms with van der Waals surface area (Å²) in [6, 6.07) is 1.60. The molecule has 1 rings (SSSR count). The molecule has 1 heterocycles. The van der Waals surface area contributed by atoms with Gasteiger partial charge in [-0.3, -0.25) is 0 Å². The number of hydrogen-bond donors (Lipinski definition) is 0. The van der Waals surface area contributed by atoms with E-state index >= 15 is 0 Å². The zero-order chi connectivity index (χ0) is 11.6. The predicted molar refractivity (Wildman–Crippen MR) is 55.7 cm³/mol. The standard InChI is InChI=1S/C8H5BrClF3N2/c1-4-2-5(9)3-14-6(4)15-7(10)8(11,12)13/h2-3H,1H3. The third-order valence-electron chi connectivity index (χ3n) is 1.46. The number of pyridine rings is 1. The minimum absolute atomic E-state index is 0.0412. The highest BCUT2D eigenvalue weighted by atomic mass is 79.9. The normalized spacial score (nSPS) is 13.1. The minimum Gasteiger partial charge on any atom is -0.236 e. The first-order valence-corrected chi connectivity index (χ1v) is 4.91. The lowest BCUT2D eigenvalue weighted by Gasteiger charge is -2.04. The number of aromatic nitrogens is 1. The van der Waals surface area contributed by atoms with Crippen LogP contribution in [0, 0.1) is 6.92 Å². The first-order chi connectivity index (χ1) is 6.80. The fourth-order valence-corrected chi connectivity index (χ4v) is 1.33. The third-order valence-corrected chi connectivity index (χ3v) is 2.19. The molecule has 0 atom stereocenters. The molecule has 1 aromatic heterocycles. The maximum absolute atomic E-state index is 12.0. The van der Waals surface area contributed by atoms with Gasteiger partial charge in [-0.1, -0.05) is 11.6 Å². The van der Waals surface area contributed by atoms with Crippen LogP contribution in [0.25, 0.3) is 0 Å². The van der Waals surface area contributed by atoms with Crippen LogP contribution in [-0.2, 0) is 0 Å². The molecule has 0 N–H and O–H groups in total. The van der Waals surface area contributed by atoms with Crippen molar-refractivity contribution in [3.8, 4) is 0 Å². The molecule has 0 saturated carbocycles. The maximum atomic E-state index is 12.0. The van der Waals surface area contributed by atoms with Gasteiger partial charge in [0.25, 0.3) is 0 Å². The smallest absolute Gasteiger partial charge is 0.236 e. The van der Waals surface area contributed by atoms with Crippen molar-refractivity contribution >= 4 is 38.5 Å². The summed E-state index contributed by atoms with van der Waals surface area (Å²) in [5.74, 6) is -0.0412. The van der Waals surface area contributed by atoms with E-state index in [1.54, 1.807) is 13.0 Å². The molecule has 0 aromatic carbocycles. The monoisotopic (exact) mass is 300 g/mol. The van der Waals surface area contributed by atoms with Gasteiger partial charge < -0.3 is 0 Å². The van der Waals surface area contributed by atoms with E-state index in [9.17, 15) is 13.2 Å². The van der Waals surface area contributed by atoms with E-state index in [4.69, 9.17) is 11.6 Å². The van der Waals surface area contributed by atoms with Crippen LogP contribution < -0.4 is 0 Å². The van der Waals surface area contributed by atoms with Gasteiger partial charge in [0.1, 0.15) is 0 Å². The number of aliphatic imine (C=N–C) groups is 1. The summed E-state index contributed by atoms with van der Waals surface area (Å²) in [4.78, 5) is 6.91. The largest absolute Gasteiger partial charge is 0.444 e. The van der Waals surface area contributed by atoms with Crippen molar-refractivity contribution in [2.45, 2.75) is 13.1 Å². The van der Waals surface area contributed by atoms with E-state index in [2.05, 4.69) is 25.9 Å². The van der Waals surface area contributed by atoms with E-state index in [-0.39, 0.29) is 5.82 Å². The molecule has 0 aliphatic heterocycles. The minimum atomic E-state index is -4.64. The first kappa shape index (κ1) is 12.4. The van der Waals surface area contributed by atoms with Crippen molar-refractivity contribution in [3.05, 3.63) is 22.3 Å². The SMILES string of the molecule is Cc1cc(Br)cnc1N=C(Cl)C(F)(F)F. The Balaban J connectivity index is 3.09. The first-order valence-electron chi connectivity index (χ1n) is 3.74. The summed E-state index contributed by atoms with van der Waals surface area (Å²) in [7, 11) is 0. The van der Waals surface area contributed by atoms with Crippen molar-refractivity contribution in [1.29, 1.82) is 0 Å². The van der Waals surface area contributed by atoms with Crippen molar-refractivity contribution in [3.63, 3.8) is 0 Å². The van der Waals surface area contributed by atoms with Crippen LogP contribution in [0.4, 0.5) is 19.0 Å². The summed E-state index contributed by atoms with van der Waals surface area (Å²) in [5, 5.41) is -1.43. The van der Waals surface area contributed by atoms with Gasteiger partial charge >= 0.3 is 6.18 Å². The quantitative estimate of drug-likeness (QED) is 0.720. The van der Waals surface area contributed by atoms with E-state index < -0.39 is 11.3 Å². The molecule has 1 aromatic rings. The lowest BCUT2D eigenvalue weighted by atomic mass is 10.3. The van der Waals surface area contributed by atoms with E-state index in [0.717, 1.165) is 0 Å². The van der Waals surface area contributed by atoms with Crippen LogP contribution >= 0.6 is 27.5 Å². The van der Waals surface area contributed by atoms with Crippen molar-refractivity contribution in [2.75, 3.05) is 0 Å². The van der Waals surface area contributed by atoms with Gasteiger partial charge in [0.05, 0.1) is 0 Å². The number of nitrogens with zero attached hydrogens (tertiary/aromatic N) is 2. The summed E-state index contributed by atoms with van der Waals surface area (Å²) in [6.45, 7) is 1.59. The van der Waals surface area contributed by atoms with Gasteiger partial charge in [0.2, 0.25) is 5.17 Å². The summed E-state index contributed by atoms with van der Waals surface area (Å²) < 4.78 is 36.8. The molecule has 2 nitrogen and oxygen atoms in total. The van der Waals surface area contributed by atoms with Crippen molar-refractivity contribution < 1.29 is 13.2 Å². The number of aryl methyl sites for hydroxylation is 1. The summed E-state index contributed by atoms with van der Waals surface area (Å²) in [6.07, 6.45) is -3.28. The van der Waals surface area contributed by atoms with Crippen LogP contribution in [0.5, 0.6) is 0 Å². The Kier molecular flexibility index (Phi) is 3.72. The molecule has 0 amide bonds. The third kappa shape index (κ3) is 3.46. The number of halogens is 5. The second-order valence-electron chi connectivity index (χ2n) is 2.69. The number of rotatable bonds is 1. The van der Waals surface area contributed by atoms with E-state index in [1.807, 2.05) is 0 Å². The second kappa shape index (κ2) is 4.49. The molecule has 15 heavy (non-hydrogen) atoms. The van der Waals surface area contributed by atoms with Crippen LogP contribution in [0.3, 0.4) is 0 Å². The van der Waals surface area contributed by atoms with Crippen LogP contribution in [0.15, 0.2) is 21.7 Å². The van der Waals surface area contributed by atoms with Crippen LogP contribution in [0.2, 0.25) is 0 Å². The molecular formula is C8H5BrClF3N2. The predicted octanol–water partition coefficient (Wildman–Crippen LogP) is 3.98. The lowest BCUT2D eigenvalue weighted by molar-refractivity contribution is -0.0558. The van der Waals surface area contributed by atoms with Gasteiger partial charge in [-0.25, -0.2) is 9.98 Å². The Bertz CT molecular complexity index is 403. The van der Waals surface area contributed by atoms with Crippen LogP contribution in [-0.4, -0.2) is 16.3 Å². The summed E-state index contributed by atoms with van der Waals surface area (Å²) >= 11 is 8.11. The fourth-order valence-electron chi connectivity index (χ4n) is 0.807. The fraction of sp³-hybridized carbons (Fsp3) is 0.250. The Morgan fingerprint density at radius 3 is 2.60 bits per heavy atom. The molecule has 7 heteroatoms. The molecule has 0 spiro atoms. The lowest BCUT2D eigenvalue weighted by Crippen LogP contribution is -2.16. The average Bonchev–Trinajstić information content (AvgIpc) is 2.08. The molecule has 0 saturated heterocycles. The molecule has 0 aliphatic rings. The highest BCUT2D eigenvalue weighted by molar-refractivity contribution is 9.10. The van der Waals surface area contributed by atoms with Gasteiger partial charge in [-0.15, -0.1) is 0 Å². The zero-order valence-corrected chi connectivity index (χ0v) is 9.78. The zero-order valence-electron chi connectivity index (χ0n) is 7.44. The second-order valence-corrected chi connectivity index (χ2v) is 3.97. The average molecular weight is 301 g/mol.